The van der Waals surface area contributed by atoms with Gasteiger partial charge in [0.1, 0.15) is 5.25 Å². The summed E-state index contributed by atoms with van der Waals surface area (Å²) in [6, 6.07) is 7.45. The van der Waals surface area contributed by atoms with Crippen molar-refractivity contribution in [1.82, 2.24) is 0 Å². The predicted octanol–water partition coefficient (Wildman–Crippen LogP) is 1.61. The first-order chi connectivity index (χ1) is 6.11. The molecule has 0 saturated heterocycles. The fraction of sp³-hybridized carbons (Fsp3) is 0.333. The van der Waals surface area contributed by atoms with Crippen LogP contribution in [0, 0.1) is 0 Å². The Kier molecular flexibility index (Phi) is 1.89. The second-order valence-corrected chi connectivity index (χ2v) is 5.02. The Morgan fingerprint density at radius 3 is 2.85 bits per heavy atom. The summed E-state index contributed by atoms with van der Waals surface area (Å²) in [6.07, 6.45) is 0. The largest absolute Gasteiger partial charge is 0.274 e. The Balaban J connectivity index is 2.58. The van der Waals surface area contributed by atoms with E-state index in [2.05, 4.69) is 0 Å². The van der Waals surface area contributed by atoms with Crippen molar-refractivity contribution in [2.45, 2.75) is 18.8 Å². The number of benzene rings is 1. The first kappa shape index (κ1) is 8.72. The van der Waals surface area contributed by atoms with Crippen molar-refractivity contribution in [1.29, 1.82) is 0 Å². The molecule has 0 amide bonds. The highest BCUT2D eigenvalue weighted by atomic mass is 32.2. The van der Waals surface area contributed by atoms with E-state index in [1.807, 2.05) is 24.3 Å². The van der Waals surface area contributed by atoms with Crippen molar-refractivity contribution in [3.05, 3.63) is 35.4 Å². The molecular weight excluding hydrogens is 188 g/mol. The van der Waals surface area contributed by atoms with Gasteiger partial charge in [-0.1, -0.05) is 24.3 Å². The smallest absolute Gasteiger partial charge is 0.265 e. The first-order valence-electron chi connectivity index (χ1n) is 4.07. The highest BCUT2D eigenvalue weighted by Crippen LogP contribution is 2.31. The van der Waals surface area contributed by atoms with Crippen LogP contribution in [-0.2, 0) is 20.9 Å². The van der Waals surface area contributed by atoms with Gasteiger partial charge in [0.25, 0.3) is 10.1 Å². The van der Waals surface area contributed by atoms with Crippen molar-refractivity contribution < 1.29 is 12.6 Å². The number of fused-ring (bicyclic) bond motifs is 1. The lowest BCUT2D eigenvalue weighted by molar-refractivity contribution is 0.291. The van der Waals surface area contributed by atoms with Gasteiger partial charge in [0.15, 0.2) is 0 Å². The van der Waals surface area contributed by atoms with Gasteiger partial charge in [-0.25, -0.2) is 0 Å². The molecule has 2 rings (SSSR count). The highest BCUT2D eigenvalue weighted by Gasteiger charge is 2.30. The summed E-state index contributed by atoms with van der Waals surface area (Å²) >= 11 is 0. The van der Waals surface area contributed by atoms with Crippen LogP contribution in [0.2, 0.25) is 0 Å². The molecule has 4 heteroatoms. The van der Waals surface area contributed by atoms with Crippen LogP contribution in [0.25, 0.3) is 0 Å². The summed E-state index contributed by atoms with van der Waals surface area (Å²) in [5, 5.41) is -0.544. The van der Waals surface area contributed by atoms with E-state index in [1.165, 1.54) is 0 Å². The maximum Gasteiger partial charge on any atom is 0.274 e. The van der Waals surface area contributed by atoms with E-state index in [4.69, 9.17) is 4.18 Å². The molecule has 70 valence electrons. The van der Waals surface area contributed by atoms with Gasteiger partial charge in [0.2, 0.25) is 0 Å². The lowest BCUT2D eigenvalue weighted by Crippen LogP contribution is -2.20. The number of rotatable bonds is 0. The molecule has 1 aromatic carbocycles. The molecule has 1 heterocycles. The van der Waals surface area contributed by atoms with E-state index in [0.717, 1.165) is 11.1 Å². The molecule has 1 atom stereocenters. The lowest BCUT2D eigenvalue weighted by Gasteiger charge is -2.21. The zero-order valence-electron chi connectivity index (χ0n) is 7.23. The average molecular weight is 198 g/mol. The van der Waals surface area contributed by atoms with Crippen molar-refractivity contribution in [2.24, 2.45) is 0 Å². The third-order valence-electron chi connectivity index (χ3n) is 2.30. The maximum absolute atomic E-state index is 11.3. The molecule has 1 aliphatic rings. The van der Waals surface area contributed by atoms with Crippen LogP contribution in [0.15, 0.2) is 24.3 Å². The molecule has 1 aromatic rings. The van der Waals surface area contributed by atoms with Crippen molar-refractivity contribution in [3.8, 4) is 0 Å². The van der Waals surface area contributed by atoms with E-state index in [0.29, 0.717) is 0 Å². The topological polar surface area (TPSA) is 43.4 Å². The minimum Gasteiger partial charge on any atom is -0.265 e. The van der Waals surface area contributed by atoms with Gasteiger partial charge in [0, 0.05) is 0 Å². The van der Waals surface area contributed by atoms with E-state index in [-0.39, 0.29) is 6.61 Å². The Morgan fingerprint density at radius 1 is 1.38 bits per heavy atom. The van der Waals surface area contributed by atoms with E-state index in [1.54, 1.807) is 6.92 Å². The molecule has 0 spiro atoms. The molecule has 1 unspecified atom stereocenters. The zero-order chi connectivity index (χ0) is 9.47. The van der Waals surface area contributed by atoms with Crippen LogP contribution in [0.1, 0.15) is 23.3 Å². The molecular formula is C9H10O3S. The van der Waals surface area contributed by atoms with Crippen LogP contribution >= 0.6 is 0 Å². The summed E-state index contributed by atoms with van der Waals surface area (Å²) in [4.78, 5) is 0. The predicted molar refractivity (Wildman–Crippen MR) is 48.6 cm³/mol. The van der Waals surface area contributed by atoms with Gasteiger partial charge in [-0.3, -0.25) is 4.18 Å². The molecule has 0 radical (unpaired) electrons. The van der Waals surface area contributed by atoms with Gasteiger partial charge in [-0.05, 0) is 18.1 Å². The summed E-state index contributed by atoms with van der Waals surface area (Å²) < 4.78 is 27.4. The molecule has 3 nitrogen and oxygen atoms in total. The minimum atomic E-state index is -3.37. The summed E-state index contributed by atoms with van der Waals surface area (Å²) in [7, 11) is -3.37. The third kappa shape index (κ3) is 1.36. The van der Waals surface area contributed by atoms with Crippen molar-refractivity contribution in [3.63, 3.8) is 0 Å². The van der Waals surface area contributed by atoms with Gasteiger partial charge in [0.05, 0.1) is 6.61 Å². The van der Waals surface area contributed by atoms with Crippen molar-refractivity contribution in [2.75, 3.05) is 0 Å². The van der Waals surface area contributed by atoms with Gasteiger partial charge < -0.3 is 0 Å². The Hall–Kier alpha value is -0.870. The molecule has 0 fully saturated rings. The molecule has 0 bridgehead atoms. The third-order valence-corrected chi connectivity index (χ3v) is 3.87. The van der Waals surface area contributed by atoms with Crippen molar-refractivity contribution >= 4 is 10.1 Å². The second kappa shape index (κ2) is 2.82. The summed E-state index contributed by atoms with van der Waals surface area (Å²) in [5.74, 6) is 0. The normalized spacial score (nSPS) is 25.2. The molecule has 0 aliphatic carbocycles. The first-order valence-corrected chi connectivity index (χ1v) is 5.54. The van der Waals surface area contributed by atoms with Crippen LogP contribution in [0.5, 0.6) is 0 Å². The Labute approximate surface area is 77.5 Å². The average Bonchev–Trinajstić information content (AvgIpc) is 2.13. The lowest BCUT2D eigenvalue weighted by atomic mass is 10.1. The second-order valence-electron chi connectivity index (χ2n) is 3.10. The Morgan fingerprint density at radius 2 is 2.08 bits per heavy atom. The Bertz CT molecular complexity index is 422. The van der Waals surface area contributed by atoms with Gasteiger partial charge in [-0.2, -0.15) is 8.42 Å². The fourth-order valence-electron chi connectivity index (χ4n) is 1.47. The zero-order valence-corrected chi connectivity index (χ0v) is 8.04. The van der Waals surface area contributed by atoms with Crippen LogP contribution in [0.3, 0.4) is 0 Å². The van der Waals surface area contributed by atoms with Gasteiger partial charge in [-0.15, -0.1) is 0 Å². The van der Waals surface area contributed by atoms with Crippen LogP contribution in [-0.4, -0.2) is 8.42 Å². The van der Waals surface area contributed by atoms with E-state index >= 15 is 0 Å². The highest BCUT2D eigenvalue weighted by molar-refractivity contribution is 7.87. The molecule has 13 heavy (non-hydrogen) atoms. The number of hydrogen-bond acceptors (Lipinski definition) is 3. The molecule has 0 aromatic heterocycles. The minimum absolute atomic E-state index is 0.169. The molecule has 0 N–H and O–H groups in total. The fourth-order valence-corrected chi connectivity index (χ4v) is 2.50. The van der Waals surface area contributed by atoms with E-state index < -0.39 is 15.4 Å². The van der Waals surface area contributed by atoms with Crippen LogP contribution < -0.4 is 0 Å². The van der Waals surface area contributed by atoms with Gasteiger partial charge >= 0.3 is 0 Å². The maximum atomic E-state index is 11.3. The SMILES string of the molecule is CC1c2ccccc2COS1(=O)=O. The number of hydrogen-bond donors (Lipinski definition) is 0. The van der Waals surface area contributed by atoms with Crippen LogP contribution in [0.4, 0.5) is 0 Å². The summed E-state index contributed by atoms with van der Waals surface area (Å²) in [5.41, 5.74) is 1.82. The monoisotopic (exact) mass is 198 g/mol. The molecule has 1 aliphatic heterocycles. The van der Waals surface area contributed by atoms with E-state index in [9.17, 15) is 8.42 Å². The summed E-state index contributed by atoms with van der Waals surface area (Å²) in [6.45, 7) is 1.82. The quantitative estimate of drug-likeness (QED) is 0.595. The molecule has 0 saturated carbocycles. The standard InChI is InChI=1S/C9H10O3S/c1-7-9-5-3-2-4-8(9)6-12-13(7,10)11/h2-5,7H,6H2,1H3.